The Labute approximate surface area is 158 Å². The molecule has 0 amide bonds. The van der Waals surface area contributed by atoms with Gasteiger partial charge in [-0.3, -0.25) is 4.98 Å². The average Bonchev–Trinajstić information content (AvgIpc) is 3.17. The van der Waals surface area contributed by atoms with E-state index < -0.39 is 15.7 Å². The number of hydrogen-bond acceptors (Lipinski definition) is 4. The smallest absolute Gasteiger partial charge is 0.210 e. The number of benzene rings is 2. The van der Waals surface area contributed by atoms with Crippen LogP contribution in [-0.4, -0.2) is 26.5 Å². The zero-order chi connectivity index (χ0) is 19.2. The van der Waals surface area contributed by atoms with Crippen molar-refractivity contribution in [2.24, 2.45) is 0 Å². The summed E-state index contributed by atoms with van der Waals surface area (Å²) in [7, 11) is -3.78. The maximum atomic E-state index is 14.0. The van der Waals surface area contributed by atoms with E-state index in [2.05, 4.69) is 4.98 Å². The van der Waals surface area contributed by atoms with Crippen molar-refractivity contribution in [3.05, 3.63) is 59.5 Å². The Kier molecular flexibility index (Phi) is 4.38. The van der Waals surface area contributed by atoms with E-state index in [1.54, 1.807) is 18.2 Å². The molecule has 0 aliphatic carbocycles. The normalized spacial score (nSPS) is 14.9. The number of anilines is 1. The fourth-order valence-electron chi connectivity index (χ4n) is 3.60. The predicted molar refractivity (Wildman–Crippen MR) is 105 cm³/mol. The summed E-state index contributed by atoms with van der Waals surface area (Å²) in [6.45, 7) is 5.35. The Balaban J connectivity index is 2.00. The molecule has 1 aliphatic heterocycles. The molecule has 2 aromatic carbocycles. The van der Waals surface area contributed by atoms with Crippen LogP contribution in [0.15, 0.2) is 52.4 Å². The van der Waals surface area contributed by atoms with Gasteiger partial charge < -0.3 is 4.90 Å². The number of pyridine rings is 1. The molecular formula is C21H21FN2O2S. The lowest BCUT2D eigenvalue weighted by Gasteiger charge is -2.23. The maximum absolute atomic E-state index is 14.0. The Bertz CT molecular complexity index is 1140. The molecule has 3 aromatic rings. The summed E-state index contributed by atoms with van der Waals surface area (Å²) in [5, 5.41) is 0.543. The number of sulfone groups is 1. The van der Waals surface area contributed by atoms with Crippen molar-refractivity contribution >= 4 is 26.4 Å². The lowest BCUT2D eigenvalue weighted by Crippen LogP contribution is -2.21. The van der Waals surface area contributed by atoms with Gasteiger partial charge in [-0.2, -0.15) is 0 Å². The summed E-state index contributed by atoms with van der Waals surface area (Å²) >= 11 is 0. The molecule has 2 heterocycles. The standard InChI is InChI=1S/C21H21FN2O2S/c1-14-5-7-17(11-15(14)2)27(25,26)20-13-23-19-8-6-16(22)12-18(19)21(20)24-9-3-4-10-24/h5-8,11-13H,3-4,9-10H2,1-2H3. The van der Waals surface area contributed by atoms with Crippen molar-refractivity contribution in [2.75, 3.05) is 18.0 Å². The highest BCUT2D eigenvalue weighted by Gasteiger charge is 2.28. The van der Waals surface area contributed by atoms with Crippen LogP contribution in [0.25, 0.3) is 10.9 Å². The second kappa shape index (κ2) is 6.60. The summed E-state index contributed by atoms with van der Waals surface area (Å²) in [6, 6.07) is 9.45. The number of aromatic nitrogens is 1. The predicted octanol–water partition coefficient (Wildman–Crippen LogP) is 4.42. The van der Waals surface area contributed by atoms with Crippen LogP contribution in [0.4, 0.5) is 10.1 Å². The minimum absolute atomic E-state index is 0.144. The van der Waals surface area contributed by atoms with Crippen molar-refractivity contribution in [2.45, 2.75) is 36.5 Å². The molecule has 0 atom stereocenters. The molecule has 0 saturated carbocycles. The highest BCUT2D eigenvalue weighted by atomic mass is 32.2. The molecule has 1 aliphatic rings. The van der Waals surface area contributed by atoms with Crippen molar-refractivity contribution in [3.8, 4) is 0 Å². The third-order valence-corrected chi connectivity index (χ3v) is 7.02. The van der Waals surface area contributed by atoms with E-state index in [1.165, 1.54) is 18.3 Å². The Morgan fingerprint density at radius 2 is 1.74 bits per heavy atom. The summed E-state index contributed by atoms with van der Waals surface area (Å²) < 4.78 is 40.8. The van der Waals surface area contributed by atoms with Gasteiger partial charge in [-0.05, 0) is 68.1 Å². The van der Waals surface area contributed by atoms with Crippen molar-refractivity contribution < 1.29 is 12.8 Å². The molecule has 0 N–H and O–H groups in total. The van der Waals surface area contributed by atoms with Gasteiger partial charge in [0.15, 0.2) is 0 Å². The quantitative estimate of drug-likeness (QED) is 0.671. The molecular weight excluding hydrogens is 363 g/mol. The van der Waals surface area contributed by atoms with E-state index in [1.807, 2.05) is 24.8 Å². The van der Waals surface area contributed by atoms with Crippen LogP contribution in [0.2, 0.25) is 0 Å². The number of rotatable bonds is 3. The fraction of sp³-hybridized carbons (Fsp3) is 0.286. The van der Waals surface area contributed by atoms with Crippen LogP contribution >= 0.6 is 0 Å². The van der Waals surface area contributed by atoms with Crippen LogP contribution in [0.3, 0.4) is 0 Å². The van der Waals surface area contributed by atoms with Gasteiger partial charge in [0.2, 0.25) is 9.84 Å². The molecule has 0 radical (unpaired) electrons. The zero-order valence-electron chi connectivity index (χ0n) is 15.4. The third kappa shape index (κ3) is 3.08. The van der Waals surface area contributed by atoms with Crippen LogP contribution in [0, 0.1) is 19.7 Å². The highest BCUT2D eigenvalue weighted by molar-refractivity contribution is 7.91. The summed E-state index contributed by atoms with van der Waals surface area (Å²) in [6.07, 6.45) is 3.39. The first kappa shape index (κ1) is 17.9. The van der Waals surface area contributed by atoms with Gasteiger partial charge in [0.05, 0.1) is 16.1 Å². The maximum Gasteiger partial charge on any atom is 0.210 e. The average molecular weight is 384 g/mol. The SMILES string of the molecule is Cc1ccc(S(=O)(=O)c2cnc3ccc(F)cc3c2N2CCCC2)cc1C. The zero-order valence-corrected chi connectivity index (χ0v) is 16.2. The lowest BCUT2D eigenvalue weighted by molar-refractivity contribution is 0.595. The van der Waals surface area contributed by atoms with Gasteiger partial charge in [0.1, 0.15) is 10.7 Å². The minimum Gasteiger partial charge on any atom is -0.370 e. The van der Waals surface area contributed by atoms with Gasteiger partial charge in [-0.15, -0.1) is 0 Å². The second-order valence-electron chi connectivity index (χ2n) is 7.08. The van der Waals surface area contributed by atoms with E-state index >= 15 is 0 Å². The van der Waals surface area contributed by atoms with Gasteiger partial charge >= 0.3 is 0 Å². The number of hydrogen-bond donors (Lipinski definition) is 0. The van der Waals surface area contributed by atoms with Crippen LogP contribution in [0.1, 0.15) is 24.0 Å². The first-order valence-electron chi connectivity index (χ1n) is 9.03. The molecule has 140 valence electrons. The van der Waals surface area contributed by atoms with E-state index in [9.17, 15) is 12.8 Å². The number of nitrogens with zero attached hydrogens (tertiary/aromatic N) is 2. The molecule has 4 rings (SSSR count). The van der Waals surface area contributed by atoms with E-state index in [-0.39, 0.29) is 9.79 Å². The molecule has 1 fully saturated rings. The van der Waals surface area contributed by atoms with Gasteiger partial charge in [0, 0.05) is 24.7 Å². The van der Waals surface area contributed by atoms with Crippen LogP contribution in [0.5, 0.6) is 0 Å². The van der Waals surface area contributed by atoms with Gasteiger partial charge in [-0.1, -0.05) is 6.07 Å². The Hall–Kier alpha value is -2.47. The number of aryl methyl sites for hydroxylation is 2. The largest absolute Gasteiger partial charge is 0.370 e. The molecule has 0 spiro atoms. The first-order valence-corrected chi connectivity index (χ1v) is 10.5. The molecule has 27 heavy (non-hydrogen) atoms. The minimum atomic E-state index is -3.78. The topological polar surface area (TPSA) is 50.3 Å². The molecule has 0 unspecified atom stereocenters. The number of halogens is 1. The Morgan fingerprint density at radius 3 is 2.44 bits per heavy atom. The molecule has 1 saturated heterocycles. The molecule has 0 bridgehead atoms. The highest BCUT2D eigenvalue weighted by Crippen LogP contribution is 2.37. The first-order chi connectivity index (χ1) is 12.9. The summed E-state index contributed by atoms with van der Waals surface area (Å²) in [5.41, 5.74) is 3.11. The molecule has 4 nitrogen and oxygen atoms in total. The van der Waals surface area contributed by atoms with Crippen LogP contribution < -0.4 is 4.90 Å². The summed E-state index contributed by atoms with van der Waals surface area (Å²) in [5.74, 6) is -0.398. The lowest BCUT2D eigenvalue weighted by atomic mass is 10.1. The van der Waals surface area contributed by atoms with Crippen molar-refractivity contribution in [3.63, 3.8) is 0 Å². The van der Waals surface area contributed by atoms with Crippen LogP contribution in [-0.2, 0) is 9.84 Å². The van der Waals surface area contributed by atoms with Crippen molar-refractivity contribution in [1.29, 1.82) is 0 Å². The third-order valence-electron chi connectivity index (χ3n) is 5.27. The van der Waals surface area contributed by atoms with E-state index in [0.29, 0.717) is 16.6 Å². The van der Waals surface area contributed by atoms with E-state index in [0.717, 1.165) is 37.1 Å². The van der Waals surface area contributed by atoms with Gasteiger partial charge in [-0.25, -0.2) is 12.8 Å². The molecule has 1 aromatic heterocycles. The summed E-state index contributed by atoms with van der Waals surface area (Å²) in [4.78, 5) is 6.74. The molecule has 6 heteroatoms. The number of fused-ring (bicyclic) bond motifs is 1. The monoisotopic (exact) mass is 384 g/mol. The fourth-order valence-corrected chi connectivity index (χ4v) is 5.12. The van der Waals surface area contributed by atoms with Crippen molar-refractivity contribution in [1.82, 2.24) is 4.98 Å². The van der Waals surface area contributed by atoms with E-state index in [4.69, 9.17) is 0 Å². The Morgan fingerprint density at radius 1 is 1.00 bits per heavy atom. The second-order valence-corrected chi connectivity index (χ2v) is 8.99. The van der Waals surface area contributed by atoms with Gasteiger partial charge in [0.25, 0.3) is 0 Å².